The summed E-state index contributed by atoms with van der Waals surface area (Å²) in [6.45, 7) is 3.33. The van der Waals surface area contributed by atoms with E-state index < -0.39 is 0 Å². The Balaban J connectivity index is 2.04. The third-order valence-electron chi connectivity index (χ3n) is 4.67. The number of hydrogen-bond acceptors (Lipinski definition) is 4. The largest absolute Gasteiger partial charge is 0.469 e. The highest BCUT2D eigenvalue weighted by Gasteiger charge is 2.52. The topological polar surface area (TPSA) is 52.6 Å². The fourth-order valence-electron chi connectivity index (χ4n) is 3.61. The number of methoxy groups -OCH3 is 1. The summed E-state index contributed by atoms with van der Waals surface area (Å²) in [6, 6.07) is 0. The Morgan fingerprint density at radius 1 is 1.37 bits per heavy atom. The summed E-state index contributed by atoms with van der Waals surface area (Å²) >= 11 is 0. The Hall–Kier alpha value is -0.900. The molecule has 0 amide bonds. The molecule has 0 aromatic rings. The molecular formula is C15H24O4. The fraction of sp³-hybridized carbons (Fsp3) is 0.867. The van der Waals surface area contributed by atoms with Crippen LogP contribution in [-0.2, 0) is 19.1 Å². The monoisotopic (exact) mass is 268 g/mol. The lowest BCUT2D eigenvalue weighted by Gasteiger charge is -2.21. The highest BCUT2D eigenvalue weighted by molar-refractivity contribution is 5.87. The second-order valence-corrected chi connectivity index (χ2v) is 5.76. The van der Waals surface area contributed by atoms with Gasteiger partial charge in [-0.2, -0.15) is 0 Å². The lowest BCUT2D eigenvalue weighted by molar-refractivity contribution is -0.142. The summed E-state index contributed by atoms with van der Waals surface area (Å²) in [7, 11) is 1.41. The van der Waals surface area contributed by atoms with Gasteiger partial charge in [0.15, 0.2) is 0 Å². The second-order valence-electron chi connectivity index (χ2n) is 5.76. The minimum atomic E-state index is -0.203. The fourth-order valence-corrected chi connectivity index (χ4v) is 3.61. The molecule has 0 aromatic heterocycles. The van der Waals surface area contributed by atoms with Crippen LogP contribution in [0.4, 0.5) is 0 Å². The number of Topliss-reactive ketones (excluding diaryl/α,β-unsaturated/α-hetero) is 1. The van der Waals surface area contributed by atoms with Crippen LogP contribution in [0.5, 0.6) is 0 Å². The predicted octanol–water partition coefficient (Wildman–Crippen LogP) is 2.21. The third-order valence-corrected chi connectivity index (χ3v) is 4.67. The normalized spacial score (nSPS) is 33.5. The molecule has 1 aliphatic carbocycles. The molecule has 4 atom stereocenters. The maximum absolute atomic E-state index is 12.4. The van der Waals surface area contributed by atoms with Crippen LogP contribution in [0.2, 0.25) is 0 Å². The maximum atomic E-state index is 12.4. The van der Waals surface area contributed by atoms with E-state index in [1.54, 1.807) is 0 Å². The smallest absolute Gasteiger partial charge is 0.305 e. The van der Waals surface area contributed by atoms with Crippen LogP contribution in [0, 0.1) is 23.7 Å². The van der Waals surface area contributed by atoms with Crippen molar-refractivity contribution >= 4 is 11.8 Å². The quantitative estimate of drug-likeness (QED) is 0.547. The summed E-state index contributed by atoms with van der Waals surface area (Å²) in [5.41, 5.74) is 0. The molecular weight excluding hydrogens is 244 g/mol. The van der Waals surface area contributed by atoms with Gasteiger partial charge in [-0.25, -0.2) is 0 Å². The number of unbranched alkanes of at least 4 members (excludes halogenated alkanes) is 2. The van der Waals surface area contributed by atoms with Crippen LogP contribution < -0.4 is 0 Å². The molecule has 0 radical (unpaired) electrons. The molecule has 1 aliphatic heterocycles. The lowest BCUT2D eigenvalue weighted by Crippen LogP contribution is -2.23. The molecule has 108 valence electrons. The molecule has 0 N–H and O–H groups in total. The molecule has 4 nitrogen and oxygen atoms in total. The van der Waals surface area contributed by atoms with Gasteiger partial charge in [-0.05, 0) is 18.3 Å². The van der Waals surface area contributed by atoms with Gasteiger partial charge in [0.25, 0.3) is 0 Å². The van der Waals surface area contributed by atoms with Crippen molar-refractivity contribution in [2.24, 2.45) is 23.7 Å². The molecule has 4 unspecified atom stereocenters. The van der Waals surface area contributed by atoms with Gasteiger partial charge in [0.1, 0.15) is 5.78 Å². The number of rotatable bonds is 6. The molecule has 1 saturated heterocycles. The van der Waals surface area contributed by atoms with Gasteiger partial charge in [0.2, 0.25) is 0 Å². The molecule has 4 heteroatoms. The SMILES string of the molecule is CCCCCC1C(=O)C2COCC2C1CC(=O)OC. The highest BCUT2D eigenvalue weighted by atomic mass is 16.5. The van der Waals surface area contributed by atoms with Crippen molar-refractivity contribution in [3.8, 4) is 0 Å². The number of ketones is 1. The number of hydrogen-bond donors (Lipinski definition) is 0. The van der Waals surface area contributed by atoms with Crippen molar-refractivity contribution in [1.29, 1.82) is 0 Å². The number of carbonyl (C=O) groups is 2. The maximum Gasteiger partial charge on any atom is 0.305 e. The molecule has 0 aromatic carbocycles. The van der Waals surface area contributed by atoms with Gasteiger partial charge in [-0.15, -0.1) is 0 Å². The van der Waals surface area contributed by atoms with Crippen LogP contribution in [0.15, 0.2) is 0 Å². The number of esters is 1. The molecule has 2 fully saturated rings. The average molecular weight is 268 g/mol. The van der Waals surface area contributed by atoms with Crippen molar-refractivity contribution in [3.05, 3.63) is 0 Å². The van der Waals surface area contributed by atoms with E-state index in [0.29, 0.717) is 25.4 Å². The van der Waals surface area contributed by atoms with Crippen molar-refractivity contribution in [3.63, 3.8) is 0 Å². The number of ether oxygens (including phenoxy) is 2. The lowest BCUT2D eigenvalue weighted by atomic mass is 9.83. The minimum Gasteiger partial charge on any atom is -0.469 e. The van der Waals surface area contributed by atoms with Gasteiger partial charge in [0, 0.05) is 18.3 Å². The van der Waals surface area contributed by atoms with E-state index in [1.807, 2.05) is 0 Å². The van der Waals surface area contributed by atoms with E-state index in [1.165, 1.54) is 7.11 Å². The van der Waals surface area contributed by atoms with E-state index in [4.69, 9.17) is 9.47 Å². The van der Waals surface area contributed by atoms with Crippen LogP contribution in [0.3, 0.4) is 0 Å². The van der Waals surface area contributed by atoms with E-state index in [2.05, 4.69) is 6.92 Å². The first-order valence-electron chi connectivity index (χ1n) is 7.37. The van der Waals surface area contributed by atoms with Crippen molar-refractivity contribution in [2.75, 3.05) is 20.3 Å². The Labute approximate surface area is 114 Å². The van der Waals surface area contributed by atoms with E-state index in [-0.39, 0.29) is 29.6 Å². The Kier molecular flexibility index (Phi) is 4.97. The summed E-state index contributed by atoms with van der Waals surface area (Å²) < 4.78 is 10.2. The molecule has 0 bridgehead atoms. The zero-order valence-electron chi connectivity index (χ0n) is 11.9. The minimum absolute atomic E-state index is 0.0290. The van der Waals surface area contributed by atoms with Gasteiger partial charge < -0.3 is 9.47 Å². The predicted molar refractivity (Wildman–Crippen MR) is 70.6 cm³/mol. The molecule has 1 saturated carbocycles. The van der Waals surface area contributed by atoms with Crippen molar-refractivity contribution in [1.82, 2.24) is 0 Å². The molecule has 1 heterocycles. The van der Waals surface area contributed by atoms with E-state index >= 15 is 0 Å². The Morgan fingerprint density at radius 3 is 2.84 bits per heavy atom. The van der Waals surface area contributed by atoms with E-state index in [0.717, 1.165) is 25.7 Å². The standard InChI is InChI=1S/C15H24O4/c1-3-4-5-6-10-11(7-14(16)18-2)12-8-19-9-13(12)15(10)17/h10-13H,3-9H2,1-2H3. The zero-order chi connectivity index (χ0) is 13.8. The Morgan fingerprint density at radius 2 is 2.16 bits per heavy atom. The van der Waals surface area contributed by atoms with Gasteiger partial charge in [0.05, 0.1) is 20.3 Å². The molecule has 19 heavy (non-hydrogen) atoms. The molecule has 2 aliphatic rings. The van der Waals surface area contributed by atoms with Crippen LogP contribution in [0.25, 0.3) is 0 Å². The van der Waals surface area contributed by atoms with Crippen molar-refractivity contribution in [2.45, 2.75) is 39.0 Å². The van der Waals surface area contributed by atoms with Crippen LogP contribution in [-0.4, -0.2) is 32.1 Å². The summed E-state index contributed by atoms with van der Waals surface area (Å²) in [4.78, 5) is 24.0. The summed E-state index contributed by atoms with van der Waals surface area (Å²) in [6.07, 6.45) is 4.66. The number of fused-ring (bicyclic) bond motifs is 1. The second kappa shape index (κ2) is 6.51. The summed E-state index contributed by atoms with van der Waals surface area (Å²) in [5, 5.41) is 0. The number of carbonyl (C=O) groups excluding carboxylic acids is 2. The first kappa shape index (κ1) is 14.5. The molecule has 0 spiro atoms. The third kappa shape index (κ3) is 2.99. The van der Waals surface area contributed by atoms with E-state index in [9.17, 15) is 9.59 Å². The van der Waals surface area contributed by atoms with Gasteiger partial charge >= 0.3 is 5.97 Å². The molecule has 2 rings (SSSR count). The van der Waals surface area contributed by atoms with Gasteiger partial charge in [-0.3, -0.25) is 9.59 Å². The Bertz CT molecular complexity index is 339. The first-order valence-corrected chi connectivity index (χ1v) is 7.37. The van der Waals surface area contributed by atoms with Gasteiger partial charge in [-0.1, -0.05) is 26.2 Å². The highest BCUT2D eigenvalue weighted by Crippen LogP contribution is 2.46. The van der Waals surface area contributed by atoms with Crippen LogP contribution in [0.1, 0.15) is 39.0 Å². The van der Waals surface area contributed by atoms with Crippen molar-refractivity contribution < 1.29 is 19.1 Å². The summed E-state index contributed by atoms with van der Waals surface area (Å²) in [5.74, 6) is 0.562. The van der Waals surface area contributed by atoms with Crippen LogP contribution >= 0.6 is 0 Å². The zero-order valence-corrected chi connectivity index (χ0v) is 11.9. The first-order chi connectivity index (χ1) is 9.19. The average Bonchev–Trinajstić information content (AvgIpc) is 2.97.